The van der Waals surface area contributed by atoms with Crippen molar-refractivity contribution in [1.29, 1.82) is 0 Å². The van der Waals surface area contributed by atoms with E-state index in [2.05, 4.69) is 32.9 Å². The Morgan fingerprint density at radius 3 is 2.62 bits per heavy atom. The van der Waals surface area contributed by atoms with Crippen molar-refractivity contribution in [2.24, 2.45) is 0 Å². The van der Waals surface area contributed by atoms with Gasteiger partial charge in [-0.05, 0) is 78.8 Å². The number of aromatic amines is 1. The highest BCUT2D eigenvalue weighted by Crippen LogP contribution is 2.29. The number of hydrogen-bond donors (Lipinski definition) is 2. The molecule has 7 nitrogen and oxygen atoms in total. The number of likely N-dealkylation sites (tertiary alicyclic amines) is 1. The summed E-state index contributed by atoms with van der Waals surface area (Å²) in [5.41, 5.74) is 2.24. The van der Waals surface area contributed by atoms with Crippen molar-refractivity contribution in [3.63, 3.8) is 0 Å². The maximum Gasteiger partial charge on any atom is 0.326 e. The topological polar surface area (TPSA) is 79.4 Å². The zero-order chi connectivity index (χ0) is 20.4. The number of anilines is 1. The summed E-state index contributed by atoms with van der Waals surface area (Å²) in [6.45, 7) is 3.67. The van der Waals surface area contributed by atoms with Crippen LogP contribution >= 0.6 is 22.6 Å². The Morgan fingerprint density at radius 2 is 1.93 bits per heavy atom. The SMILES string of the molecule is CCOc1cccc2c1[nH]c(=O)n2C1CCN(C(=O)Nc2ccc(I)cc2)CC1. The normalized spacial score (nSPS) is 14.9. The van der Waals surface area contributed by atoms with E-state index in [1.807, 2.05) is 54.0 Å². The van der Waals surface area contributed by atoms with Crippen LogP contribution in [0.4, 0.5) is 10.5 Å². The van der Waals surface area contributed by atoms with Crippen LogP contribution in [0, 0.1) is 3.57 Å². The summed E-state index contributed by atoms with van der Waals surface area (Å²) in [5, 5.41) is 2.94. The third kappa shape index (κ3) is 4.12. The van der Waals surface area contributed by atoms with Crippen molar-refractivity contribution < 1.29 is 9.53 Å². The number of benzene rings is 2. The summed E-state index contributed by atoms with van der Waals surface area (Å²) in [6.07, 6.45) is 1.46. The molecule has 1 aliphatic heterocycles. The molecule has 1 aromatic heterocycles. The maximum absolute atomic E-state index is 12.6. The molecule has 0 radical (unpaired) electrons. The second kappa shape index (κ2) is 8.48. The number of nitrogens with one attached hydrogen (secondary N) is 2. The third-order valence-corrected chi connectivity index (χ3v) is 5.95. The molecular weight excluding hydrogens is 483 g/mol. The first-order chi connectivity index (χ1) is 14.1. The average Bonchev–Trinajstić information content (AvgIpc) is 3.07. The Labute approximate surface area is 182 Å². The number of carbonyl (C=O) groups is 1. The highest BCUT2D eigenvalue weighted by molar-refractivity contribution is 14.1. The van der Waals surface area contributed by atoms with E-state index in [4.69, 9.17) is 4.74 Å². The molecule has 1 saturated heterocycles. The van der Waals surface area contributed by atoms with E-state index in [0.717, 1.165) is 33.1 Å². The zero-order valence-corrected chi connectivity index (χ0v) is 18.3. The zero-order valence-electron chi connectivity index (χ0n) is 16.2. The van der Waals surface area contributed by atoms with Crippen LogP contribution in [0.25, 0.3) is 11.0 Å². The van der Waals surface area contributed by atoms with Gasteiger partial charge >= 0.3 is 11.7 Å². The van der Waals surface area contributed by atoms with Gasteiger partial charge in [0, 0.05) is 28.4 Å². The highest BCUT2D eigenvalue weighted by Gasteiger charge is 2.26. The molecule has 2 amide bonds. The first-order valence-electron chi connectivity index (χ1n) is 9.74. The quantitative estimate of drug-likeness (QED) is 0.521. The van der Waals surface area contributed by atoms with Crippen molar-refractivity contribution in [2.45, 2.75) is 25.8 Å². The predicted molar refractivity (Wildman–Crippen MR) is 122 cm³/mol. The monoisotopic (exact) mass is 506 g/mol. The summed E-state index contributed by atoms with van der Waals surface area (Å²) < 4.78 is 8.58. The summed E-state index contributed by atoms with van der Waals surface area (Å²) in [5.74, 6) is 0.690. The average molecular weight is 506 g/mol. The molecule has 0 bridgehead atoms. The van der Waals surface area contributed by atoms with E-state index < -0.39 is 0 Å². The smallest absolute Gasteiger partial charge is 0.326 e. The van der Waals surface area contributed by atoms with Gasteiger partial charge in [-0.25, -0.2) is 9.59 Å². The van der Waals surface area contributed by atoms with E-state index in [-0.39, 0.29) is 17.8 Å². The van der Waals surface area contributed by atoms with E-state index >= 15 is 0 Å². The van der Waals surface area contributed by atoms with Gasteiger partial charge in [-0.2, -0.15) is 0 Å². The fourth-order valence-electron chi connectivity index (χ4n) is 3.82. The van der Waals surface area contributed by atoms with Crippen molar-refractivity contribution in [2.75, 3.05) is 25.0 Å². The minimum absolute atomic E-state index is 0.0514. The molecule has 2 N–H and O–H groups in total. The van der Waals surface area contributed by atoms with Crippen LogP contribution in [0.15, 0.2) is 47.3 Å². The van der Waals surface area contributed by atoms with Gasteiger partial charge in [-0.1, -0.05) is 6.07 Å². The van der Waals surface area contributed by atoms with E-state index in [9.17, 15) is 9.59 Å². The van der Waals surface area contributed by atoms with Crippen LogP contribution in [0.1, 0.15) is 25.8 Å². The molecule has 4 rings (SSSR count). The van der Waals surface area contributed by atoms with Crippen molar-refractivity contribution in [1.82, 2.24) is 14.5 Å². The summed E-state index contributed by atoms with van der Waals surface area (Å²) >= 11 is 2.23. The number of ether oxygens (including phenoxy) is 1. The summed E-state index contributed by atoms with van der Waals surface area (Å²) in [7, 11) is 0. The molecule has 2 heterocycles. The van der Waals surface area contributed by atoms with E-state index in [1.54, 1.807) is 4.90 Å². The van der Waals surface area contributed by atoms with E-state index in [1.165, 1.54) is 0 Å². The number of rotatable bonds is 4. The number of aromatic nitrogens is 2. The summed E-state index contributed by atoms with van der Waals surface area (Å²) in [6, 6.07) is 13.4. The third-order valence-electron chi connectivity index (χ3n) is 5.23. The molecule has 3 aromatic rings. The Bertz CT molecular complexity index is 1070. The lowest BCUT2D eigenvalue weighted by molar-refractivity contribution is 0.184. The fraction of sp³-hybridized carbons (Fsp3) is 0.333. The van der Waals surface area contributed by atoms with E-state index in [0.29, 0.717) is 25.4 Å². The molecular formula is C21H23IN4O3. The van der Waals surface area contributed by atoms with Crippen LogP contribution in [-0.2, 0) is 0 Å². The highest BCUT2D eigenvalue weighted by atomic mass is 127. The Balaban J connectivity index is 1.46. The van der Waals surface area contributed by atoms with Crippen LogP contribution < -0.4 is 15.7 Å². The van der Waals surface area contributed by atoms with Gasteiger partial charge < -0.3 is 19.9 Å². The number of H-pyrrole nitrogens is 1. The van der Waals surface area contributed by atoms with Crippen molar-refractivity contribution in [3.05, 3.63) is 56.5 Å². The number of nitrogens with zero attached hydrogens (tertiary/aromatic N) is 2. The Hall–Kier alpha value is -2.49. The Kier molecular flexibility index (Phi) is 5.79. The number of piperidine rings is 1. The largest absolute Gasteiger partial charge is 0.492 e. The fourth-order valence-corrected chi connectivity index (χ4v) is 4.18. The first kappa shape index (κ1) is 19.8. The van der Waals surface area contributed by atoms with Gasteiger partial charge in [-0.3, -0.25) is 4.57 Å². The molecule has 1 aliphatic rings. The number of carbonyl (C=O) groups excluding carboxylic acids is 1. The van der Waals surface area contributed by atoms with Crippen LogP contribution in [0.5, 0.6) is 5.75 Å². The number of para-hydroxylation sites is 1. The minimum atomic E-state index is -0.131. The molecule has 2 aromatic carbocycles. The molecule has 152 valence electrons. The summed E-state index contributed by atoms with van der Waals surface area (Å²) in [4.78, 5) is 29.9. The molecule has 0 atom stereocenters. The standard InChI is InChI=1S/C21H23IN4O3/c1-2-29-18-5-3-4-17-19(18)24-21(28)26(17)16-10-12-25(13-11-16)20(27)23-15-8-6-14(22)7-9-15/h3-9,16H,2,10-13H2,1H3,(H,23,27)(H,24,28). The number of imidazole rings is 1. The van der Waals surface area contributed by atoms with Gasteiger partial charge in [0.25, 0.3) is 0 Å². The lowest BCUT2D eigenvalue weighted by Crippen LogP contribution is -2.42. The molecule has 0 spiro atoms. The number of hydrogen-bond acceptors (Lipinski definition) is 3. The van der Waals surface area contributed by atoms with Crippen LogP contribution in [-0.4, -0.2) is 40.2 Å². The second-order valence-electron chi connectivity index (χ2n) is 7.04. The van der Waals surface area contributed by atoms with Gasteiger partial charge in [0.15, 0.2) is 0 Å². The molecule has 0 aliphatic carbocycles. The second-order valence-corrected chi connectivity index (χ2v) is 8.28. The number of fused-ring (bicyclic) bond motifs is 1. The number of amides is 2. The Morgan fingerprint density at radius 1 is 1.21 bits per heavy atom. The number of urea groups is 1. The predicted octanol–water partition coefficient (Wildman–Crippen LogP) is 4.20. The van der Waals surface area contributed by atoms with Gasteiger partial charge in [0.05, 0.1) is 12.1 Å². The molecule has 8 heteroatoms. The lowest BCUT2D eigenvalue weighted by atomic mass is 10.0. The van der Waals surface area contributed by atoms with Gasteiger partial charge in [0.1, 0.15) is 11.3 Å². The van der Waals surface area contributed by atoms with Crippen molar-refractivity contribution >= 4 is 45.3 Å². The van der Waals surface area contributed by atoms with Gasteiger partial charge in [-0.15, -0.1) is 0 Å². The minimum Gasteiger partial charge on any atom is -0.492 e. The number of halogens is 1. The molecule has 1 fully saturated rings. The van der Waals surface area contributed by atoms with Crippen LogP contribution in [0.3, 0.4) is 0 Å². The molecule has 0 saturated carbocycles. The van der Waals surface area contributed by atoms with Gasteiger partial charge in [0.2, 0.25) is 0 Å². The van der Waals surface area contributed by atoms with Crippen molar-refractivity contribution in [3.8, 4) is 5.75 Å². The molecule has 29 heavy (non-hydrogen) atoms. The molecule has 0 unspecified atom stereocenters. The van der Waals surface area contributed by atoms with Crippen LogP contribution in [0.2, 0.25) is 0 Å². The lowest BCUT2D eigenvalue weighted by Gasteiger charge is -2.32. The first-order valence-corrected chi connectivity index (χ1v) is 10.8. The maximum atomic E-state index is 12.6.